The molecule has 0 aliphatic heterocycles. The summed E-state index contributed by atoms with van der Waals surface area (Å²) in [5.41, 5.74) is 0.768. The van der Waals surface area contributed by atoms with Crippen molar-refractivity contribution in [2.45, 2.75) is 36.6 Å². The SMILES string of the molecule is CC(=O)NCCc1nnc(Sc2ccc(C(F)(F)F)cn2)n1-c1ccc(C)c(Cl)c1. The molecule has 158 valence electrons. The molecule has 3 rings (SSSR count). The van der Waals surface area contributed by atoms with Gasteiger partial charge in [-0.05, 0) is 48.5 Å². The molecule has 0 unspecified atom stereocenters. The molecule has 0 radical (unpaired) electrons. The maximum Gasteiger partial charge on any atom is 0.417 e. The van der Waals surface area contributed by atoms with Crippen molar-refractivity contribution in [2.24, 2.45) is 0 Å². The third kappa shape index (κ3) is 5.31. The van der Waals surface area contributed by atoms with Crippen molar-refractivity contribution in [3.8, 4) is 5.69 Å². The quantitative estimate of drug-likeness (QED) is 0.593. The zero-order valence-corrected chi connectivity index (χ0v) is 17.6. The number of alkyl halides is 3. The molecule has 6 nitrogen and oxygen atoms in total. The third-order valence-electron chi connectivity index (χ3n) is 4.10. The number of hydrogen-bond acceptors (Lipinski definition) is 5. The molecule has 0 saturated heterocycles. The van der Waals surface area contributed by atoms with Gasteiger partial charge < -0.3 is 5.32 Å². The van der Waals surface area contributed by atoms with Crippen LogP contribution in [0.4, 0.5) is 13.2 Å². The molecule has 1 N–H and O–H groups in total. The number of benzene rings is 1. The van der Waals surface area contributed by atoms with Crippen molar-refractivity contribution in [3.63, 3.8) is 0 Å². The highest BCUT2D eigenvalue weighted by atomic mass is 35.5. The van der Waals surface area contributed by atoms with Crippen molar-refractivity contribution >= 4 is 29.3 Å². The topological polar surface area (TPSA) is 72.7 Å². The number of nitrogens with one attached hydrogen (secondary N) is 1. The molecule has 1 aromatic carbocycles. The lowest BCUT2D eigenvalue weighted by atomic mass is 10.2. The van der Waals surface area contributed by atoms with E-state index >= 15 is 0 Å². The minimum absolute atomic E-state index is 0.164. The largest absolute Gasteiger partial charge is 0.417 e. The zero-order valence-electron chi connectivity index (χ0n) is 16.0. The summed E-state index contributed by atoms with van der Waals surface area (Å²) in [5, 5.41) is 12.4. The minimum atomic E-state index is -4.45. The number of aryl methyl sites for hydroxylation is 1. The van der Waals surface area contributed by atoms with Gasteiger partial charge in [-0.15, -0.1) is 10.2 Å². The van der Waals surface area contributed by atoms with Crippen LogP contribution in [0.1, 0.15) is 23.9 Å². The number of hydrogen-bond donors (Lipinski definition) is 1. The van der Waals surface area contributed by atoms with Crippen LogP contribution in [0.25, 0.3) is 5.69 Å². The van der Waals surface area contributed by atoms with Crippen LogP contribution in [0.3, 0.4) is 0 Å². The Labute approximate surface area is 179 Å². The Kier molecular flexibility index (Phi) is 6.67. The van der Waals surface area contributed by atoms with E-state index in [1.165, 1.54) is 13.0 Å². The second kappa shape index (κ2) is 9.05. The maximum atomic E-state index is 12.8. The predicted octanol–water partition coefficient (Wildman–Crippen LogP) is 4.47. The molecule has 3 aromatic rings. The van der Waals surface area contributed by atoms with Gasteiger partial charge in [-0.2, -0.15) is 13.2 Å². The van der Waals surface area contributed by atoms with Gasteiger partial charge in [0.25, 0.3) is 0 Å². The Balaban J connectivity index is 1.94. The van der Waals surface area contributed by atoms with Crippen LogP contribution in [-0.2, 0) is 17.4 Å². The van der Waals surface area contributed by atoms with E-state index < -0.39 is 11.7 Å². The van der Waals surface area contributed by atoms with E-state index in [0.29, 0.717) is 39.7 Å². The van der Waals surface area contributed by atoms with E-state index in [-0.39, 0.29) is 5.91 Å². The summed E-state index contributed by atoms with van der Waals surface area (Å²) >= 11 is 7.34. The lowest BCUT2D eigenvalue weighted by Gasteiger charge is -2.12. The molecular formula is C19H17ClF3N5OS. The third-order valence-corrected chi connectivity index (χ3v) is 5.40. The Morgan fingerprint density at radius 2 is 2.00 bits per heavy atom. The van der Waals surface area contributed by atoms with Gasteiger partial charge in [-0.1, -0.05) is 17.7 Å². The van der Waals surface area contributed by atoms with Gasteiger partial charge in [0.05, 0.1) is 11.3 Å². The van der Waals surface area contributed by atoms with Crippen LogP contribution < -0.4 is 5.32 Å². The summed E-state index contributed by atoms with van der Waals surface area (Å²) < 4.78 is 40.0. The van der Waals surface area contributed by atoms with E-state index in [9.17, 15) is 18.0 Å². The number of carbonyl (C=O) groups is 1. The number of aromatic nitrogens is 4. The van der Waals surface area contributed by atoms with Crippen LogP contribution in [0.2, 0.25) is 5.02 Å². The molecule has 0 fully saturated rings. The Hall–Kier alpha value is -2.59. The lowest BCUT2D eigenvalue weighted by molar-refractivity contribution is -0.137. The maximum absolute atomic E-state index is 12.8. The number of rotatable bonds is 6. The van der Waals surface area contributed by atoms with Crippen LogP contribution >= 0.6 is 23.4 Å². The summed E-state index contributed by atoms with van der Waals surface area (Å²) in [5.74, 6) is 0.404. The minimum Gasteiger partial charge on any atom is -0.356 e. The van der Waals surface area contributed by atoms with Crippen molar-refractivity contribution < 1.29 is 18.0 Å². The van der Waals surface area contributed by atoms with Gasteiger partial charge in [0.2, 0.25) is 11.1 Å². The number of halogens is 4. The highest BCUT2D eigenvalue weighted by Crippen LogP contribution is 2.32. The van der Waals surface area contributed by atoms with E-state index in [2.05, 4.69) is 20.5 Å². The molecular weight excluding hydrogens is 439 g/mol. The van der Waals surface area contributed by atoms with E-state index in [1.807, 2.05) is 19.1 Å². The normalized spacial score (nSPS) is 11.5. The summed E-state index contributed by atoms with van der Waals surface area (Å²) in [6.45, 7) is 3.65. The Morgan fingerprint density at radius 1 is 1.23 bits per heavy atom. The van der Waals surface area contributed by atoms with Crippen LogP contribution in [-0.4, -0.2) is 32.2 Å². The first kappa shape index (κ1) is 22.1. The number of carbonyl (C=O) groups excluding carboxylic acids is 1. The molecule has 30 heavy (non-hydrogen) atoms. The van der Waals surface area contributed by atoms with Gasteiger partial charge in [0.1, 0.15) is 10.9 Å². The second-order valence-corrected chi connectivity index (χ2v) is 7.78. The predicted molar refractivity (Wildman–Crippen MR) is 107 cm³/mol. The average Bonchev–Trinajstić information content (AvgIpc) is 3.06. The van der Waals surface area contributed by atoms with Gasteiger partial charge in [0.15, 0.2) is 0 Å². The standard InChI is InChI=1S/C19H17ClF3N5OS/c1-11-3-5-14(9-15(11)20)28-16(7-8-24-12(2)29)26-27-18(28)30-17-6-4-13(10-25-17)19(21,22)23/h3-6,9-10H,7-8H2,1-2H3,(H,24,29). The molecule has 0 atom stereocenters. The number of amides is 1. The van der Waals surface area contributed by atoms with Gasteiger partial charge in [-0.3, -0.25) is 9.36 Å². The summed E-state index contributed by atoms with van der Waals surface area (Å²) in [6.07, 6.45) is -3.27. The first-order valence-electron chi connectivity index (χ1n) is 8.81. The van der Waals surface area contributed by atoms with E-state index in [1.54, 1.807) is 10.6 Å². The highest BCUT2D eigenvalue weighted by Gasteiger charge is 2.30. The molecule has 0 spiro atoms. The first-order valence-corrected chi connectivity index (χ1v) is 10.0. The number of pyridine rings is 1. The number of nitrogens with zero attached hydrogens (tertiary/aromatic N) is 4. The van der Waals surface area contributed by atoms with Crippen LogP contribution in [0.5, 0.6) is 0 Å². The van der Waals surface area contributed by atoms with Gasteiger partial charge in [-0.25, -0.2) is 4.98 Å². The van der Waals surface area contributed by atoms with Crippen LogP contribution in [0.15, 0.2) is 46.7 Å². The monoisotopic (exact) mass is 455 g/mol. The van der Waals surface area contributed by atoms with Crippen molar-refractivity contribution in [1.82, 2.24) is 25.1 Å². The second-order valence-electron chi connectivity index (χ2n) is 6.39. The smallest absolute Gasteiger partial charge is 0.356 e. The molecule has 0 aliphatic carbocycles. The summed E-state index contributed by atoms with van der Waals surface area (Å²) in [6, 6.07) is 7.70. The van der Waals surface area contributed by atoms with Crippen LogP contribution in [0, 0.1) is 6.92 Å². The Bertz CT molecular complexity index is 1050. The fourth-order valence-electron chi connectivity index (χ4n) is 2.56. The molecule has 0 saturated carbocycles. The molecule has 2 aromatic heterocycles. The molecule has 0 aliphatic rings. The van der Waals surface area contributed by atoms with E-state index in [0.717, 1.165) is 29.6 Å². The summed E-state index contributed by atoms with van der Waals surface area (Å²) in [4.78, 5) is 15.0. The van der Waals surface area contributed by atoms with Crippen molar-refractivity contribution in [1.29, 1.82) is 0 Å². The molecule has 0 bridgehead atoms. The fraction of sp³-hybridized carbons (Fsp3) is 0.263. The lowest BCUT2D eigenvalue weighted by Crippen LogP contribution is -2.23. The van der Waals surface area contributed by atoms with E-state index in [4.69, 9.17) is 11.6 Å². The average molecular weight is 456 g/mol. The fourth-order valence-corrected chi connectivity index (χ4v) is 3.55. The van der Waals surface area contributed by atoms with Gasteiger partial charge in [0, 0.05) is 31.1 Å². The van der Waals surface area contributed by atoms with Crippen molar-refractivity contribution in [2.75, 3.05) is 6.54 Å². The molecule has 1 amide bonds. The van der Waals surface area contributed by atoms with Crippen molar-refractivity contribution in [3.05, 3.63) is 58.5 Å². The first-order chi connectivity index (χ1) is 14.1. The molecule has 11 heteroatoms. The van der Waals surface area contributed by atoms with Gasteiger partial charge >= 0.3 is 6.18 Å². The zero-order chi connectivity index (χ0) is 21.9. The Morgan fingerprint density at radius 3 is 2.60 bits per heavy atom. The summed E-state index contributed by atoms with van der Waals surface area (Å²) in [7, 11) is 0. The molecule has 2 heterocycles. The highest BCUT2D eigenvalue weighted by molar-refractivity contribution is 7.99.